The number of thiazole rings is 1. The van der Waals surface area contributed by atoms with Crippen molar-refractivity contribution in [2.75, 3.05) is 0 Å². The molecule has 1 atom stereocenters. The minimum Gasteiger partial charge on any atom is -0.448 e. The Morgan fingerprint density at radius 1 is 1.24 bits per heavy atom. The summed E-state index contributed by atoms with van der Waals surface area (Å²) in [5.41, 5.74) is 0.878. The molecule has 1 fully saturated rings. The molecule has 154 valence electrons. The number of nitrogens with one attached hydrogen (secondary N) is 2. The molecule has 1 aliphatic rings. The Balaban J connectivity index is 1.52. The van der Waals surface area contributed by atoms with Crippen LogP contribution in [0.2, 0.25) is 5.02 Å². The fraction of sp³-hybridized carbons (Fsp3) is 0.400. The van der Waals surface area contributed by atoms with Crippen LogP contribution in [0.1, 0.15) is 49.5 Å². The molecule has 2 N–H and O–H groups in total. The number of carbonyl (C=O) groups is 3. The second kappa shape index (κ2) is 9.84. The summed E-state index contributed by atoms with van der Waals surface area (Å²) in [7, 11) is 0. The van der Waals surface area contributed by atoms with Gasteiger partial charge in [0.2, 0.25) is 0 Å². The number of rotatable bonds is 5. The first kappa shape index (κ1) is 21.3. The average molecular weight is 436 g/mol. The molecule has 1 heterocycles. The first-order valence-corrected chi connectivity index (χ1v) is 10.7. The van der Waals surface area contributed by atoms with E-state index in [4.69, 9.17) is 16.3 Å². The van der Waals surface area contributed by atoms with Gasteiger partial charge in [0.1, 0.15) is 5.01 Å². The summed E-state index contributed by atoms with van der Waals surface area (Å²) in [4.78, 5) is 40.6. The van der Waals surface area contributed by atoms with Crippen molar-refractivity contribution in [1.82, 2.24) is 15.6 Å². The number of hydrogen-bond donors (Lipinski definition) is 2. The predicted molar refractivity (Wildman–Crippen MR) is 111 cm³/mol. The van der Waals surface area contributed by atoms with Crippen molar-refractivity contribution in [3.63, 3.8) is 0 Å². The number of amides is 3. The van der Waals surface area contributed by atoms with E-state index in [2.05, 4.69) is 15.6 Å². The normalized spacial score (nSPS) is 15.4. The monoisotopic (exact) mass is 435 g/mol. The number of ether oxygens (including phenoxy) is 1. The van der Waals surface area contributed by atoms with Crippen LogP contribution in [0.4, 0.5) is 4.79 Å². The van der Waals surface area contributed by atoms with Gasteiger partial charge in [0.05, 0.1) is 0 Å². The smallest absolute Gasteiger partial charge is 0.358 e. The summed E-state index contributed by atoms with van der Waals surface area (Å²) in [5.74, 6) is -1.41. The molecule has 7 nitrogen and oxygen atoms in total. The summed E-state index contributed by atoms with van der Waals surface area (Å²) < 4.78 is 5.15. The maximum atomic E-state index is 12.3. The highest BCUT2D eigenvalue weighted by Gasteiger charge is 2.24. The second-order valence-electron chi connectivity index (χ2n) is 6.89. The minimum absolute atomic E-state index is 0.0781. The topological polar surface area (TPSA) is 97.4 Å². The van der Waals surface area contributed by atoms with Crippen molar-refractivity contribution in [1.29, 1.82) is 0 Å². The standard InChI is InChI=1S/C20H22ClN3O4S/c1-12(17(25)24-20(27)22-15-8-3-2-4-9-15)28-19(26)16-11-29-18(23-16)13-6-5-7-14(21)10-13/h5-7,10-12,15H,2-4,8-9H2,1H3,(H2,22,24,25,27). The summed E-state index contributed by atoms with van der Waals surface area (Å²) >= 11 is 7.25. The van der Waals surface area contributed by atoms with E-state index in [0.717, 1.165) is 31.2 Å². The number of nitrogens with zero attached hydrogens (tertiary/aromatic N) is 1. The lowest BCUT2D eigenvalue weighted by molar-refractivity contribution is -0.127. The van der Waals surface area contributed by atoms with Gasteiger partial charge in [-0.15, -0.1) is 11.3 Å². The van der Waals surface area contributed by atoms with E-state index >= 15 is 0 Å². The van der Waals surface area contributed by atoms with Crippen molar-refractivity contribution >= 4 is 40.8 Å². The first-order valence-electron chi connectivity index (χ1n) is 9.46. The molecule has 1 aliphatic carbocycles. The van der Waals surface area contributed by atoms with Gasteiger partial charge in [-0.1, -0.05) is 43.0 Å². The maximum absolute atomic E-state index is 12.3. The zero-order valence-electron chi connectivity index (χ0n) is 15.9. The number of urea groups is 1. The Morgan fingerprint density at radius 3 is 2.72 bits per heavy atom. The van der Waals surface area contributed by atoms with Gasteiger partial charge in [-0.3, -0.25) is 10.1 Å². The van der Waals surface area contributed by atoms with Gasteiger partial charge in [0.25, 0.3) is 5.91 Å². The van der Waals surface area contributed by atoms with Gasteiger partial charge in [-0.05, 0) is 31.9 Å². The molecule has 3 amide bonds. The van der Waals surface area contributed by atoms with Gasteiger partial charge in [0.15, 0.2) is 11.8 Å². The van der Waals surface area contributed by atoms with Gasteiger partial charge >= 0.3 is 12.0 Å². The molecule has 0 bridgehead atoms. The highest BCUT2D eigenvalue weighted by atomic mass is 35.5. The molecule has 0 spiro atoms. The number of hydrogen-bond acceptors (Lipinski definition) is 6. The summed E-state index contributed by atoms with van der Waals surface area (Å²) in [5, 5.41) is 7.74. The minimum atomic E-state index is -1.13. The van der Waals surface area contributed by atoms with Gasteiger partial charge in [-0.25, -0.2) is 14.6 Å². The van der Waals surface area contributed by atoms with E-state index in [0.29, 0.717) is 10.0 Å². The molecular weight excluding hydrogens is 414 g/mol. The Bertz CT molecular complexity index is 895. The summed E-state index contributed by atoms with van der Waals surface area (Å²) in [6, 6.07) is 6.63. The molecule has 2 aromatic rings. The summed E-state index contributed by atoms with van der Waals surface area (Å²) in [6.45, 7) is 1.41. The third kappa shape index (κ3) is 6.01. The van der Waals surface area contributed by atoms with Crippen molar-refractivity contribution in [3.8, 4) is 10.6 Å². The highest BCUT2D eigenvalue weighted by molar-refractivity contribution is 7.13. The number of halogens is 1. The lowest BCUT2D eigenvalue weighted by atomic mass is 9.96. The third-order valence-electron chi connectivity index (χ3n) is 4.62. The molecule has 3 rings (SSSR count). The number of esters is 1. The van der Waals surface area contributed by atoms with Crippen molar-refractivity contribution < 1.29 is 19.1 Å². The van der Waals surface area contributed by atoms with Crippen LogP contribution >= 0.6 is 22.9 Å². The Kier molecular flexibility index (Phi) is 7.22. The predicted octanol–water partition coefficient (Wildman–Crippen LogP) is 4.17. The van der Waals surface area contributed by atoms with E-state index in [1.807, 2.05) is 6.07 Å². The number of aromatic nitrogens is 1. The van der Waals surface area contributed by atoms with E-state index in [1.165, 1.54) is 24.7 Å². The van der Waals surface area contributed by atoms with Crippen LogP contribution in [0.5, 0.6) is 0 Å². The number of benzene rings is 1. The van der Waals surface area contributed by atoms with Crippen LogP contribution in [0.25, 0.3) is 10.6 Å². The number of carbonyl (C=O) groups excluding carboxylic acids is 3. The summed E-state index contributed by atoms with van der Waals surface area (Å²) in [6.07, 6.45) is 3.99. The lowest BCUT2D eigenvalue weighted by Crippen LogP contribution is -2.48. The quantitative estimate of drug-likeness (QED) is 0.687. The van der Waals surface area contributed by atoms with Crippen LogP contribution in [-0.4, -0.2) is 35.0 Å². The fourth-order valence-corrected chi connectivity index (χ4v) is 4.05. The zero-order chi connectivity index (χ0) is 20.8. The van der Waals surface area contributed by atoms with Crippen LogP contribution in [0.15, 0.2) is 29.6 Å². The largest absolute Gasteiger partial charge is 0.448 e. The van der Waals surface area contributed by atoms with E-state index in [-0.39, 0.29) is 11.7 Å². The van der Waals surface area contributed by atoms with Crippen LogP contribution in [0.3, 0.4) is 0 Å². The molecule has 1 aromatic carbocycles. The van der Waals surface area contributed by atoms with Gasteiger partial charge < -0.3 is 10.1 Å². The molecule has 1 saturated carbocycles. The van der Waals surface area contributed by atoms with E-state index in [9.17, 15) is 14.4 Å². The van der Waals surface area contributed by atoms with Gasteiger partial charge in [0, 0.05) is 22.0 Å². The molecule has 0 radical (unpaired) electrons. The van der Waals surface area contributed by atoms with E-state index in [1.54, 1.807) is 23.6 Å². The van der Waals surface area contributed by atoms with Gasteiger partial charge in [-0.2, -0.15) is 0 Å². The van der Waals surface area contributed by atoms with Crippen LogP contribution < -0.4 is 10.6 Å². The van der Waals surface area contributed by atoms with Crippen LogP contribution in [0, 0.1) is 0 Å². The molecule has 0 aliphatic heterocycles. The zero-order valence-corrected chi connectivity index (χ0v) is 17.5. The molecule has 9 heteroatoms. The Morgan fingerprint density at radius 2 is 2.00 bits per heavy atom. The van der Waals surface area contributed by atoms with Crippen molar-refractivity contribution in [3.05, 3.63) is 40.4 Å². The maximum Gasteiger partial charge on any atom is 0.358 e. The fourth-order valence-electron chi connectivity index (χ4n) is 3.08. The Labute approximate surface area is 177 Å². The third-order valence-corrected chi connectivity index (χ3v) is 5.74. The first-order chi connectivity index (χ1) is 13.9. The lowest BCUT2D eigenvalue weighted by Gasteiger charge is -2.23. The molecule has 29 heavy (non-hydrogen) atoms. The number of imide groups is 1. The highest BCUT2D eigenvalue weighted by Crippen LogP contribution is 2.26. The van der Waals surface area contributed by atoms with Crippen molar-refractivity contribution in [2.24, 2.45) is 0 Å². The van der Waals surface area contributed by atoms with Crippen LogP contribution in [-0.2, 0) is 9.53 Å². The Hall–Kier alpha value is -2.45. The van der Waals surface area contributed by atoms with E-state index < -0.39 is 24.0 Å². The molecule has 1 aromatic heterocycles. The van der Waals surface area contributed by atoms with Crippen molar-refractivity contribution in [2.45, 2.75) is 51.2 Å². The SMILES string of the molecule is CC(OC(=O)c1csc(-c2cccc(Cl)c2)n1)C(=O)NC(=O)NC1CCCCC1. The second-order valence-corrected chi connectivity index (χ2v) is 8.19. The molecular formula is C20H22ClN3O4S. The molecule has 0 saturated heterocycles. The average Bonchev–Trinajstić information content (AvgIpc) is 3.19. The molecule has 1 unspecified atom stereocenters.